The molecule has 0 aliphatic carbocycles. The lowest BCUT2D eigenvalue weighted by atomic mass is 10.2. The van der Waals surface area contributed by atoms with Gasteiger partial charge in [-0.05, 0) is 20.3 Å². The van der Waals surface area contributed by atoms with Crippen LogP contribution in [0.15, 0.2) is 0 Å². The molecule has 2 fully saturated rings. The summed E-state index contributed by atoms with van der Waals surface area (Å²) in [6.45, 7) is 3.39. The Hall–Kier alpha value is -2.00. The third-order valence-corrected chi connectivity index (χ3v) is 3.78. The number of rotatable bonds is 2. The van der Waals surface area contributed by atoms with Crippen molar-refractivity contribution in [3.63, 3.8) is 0 Å². The molecule has 3 N–H and O–H groups in total. The summed E-state index contributed by atoms with van der Waals surface area (Å²) in [5.41, 5.74) is -0.817. The van der Waals surface area contributed by atoms with E-state index in [9.17, 15) is 24.3 Å². The van der Waals surface area contributed by atoms with E-state index in [1.54, 1.807) is 13.8 Å². The minimum Gasteiger partial charge on any atom is -0.391 e. The third kappa shape index (κ3) is 3.25. The van der Waals surface area contributed by atoms with Gasteiger partial charge in [-0.25, -0.2) is 0 Å². The molecule has 2 saturated heterocycles. The number of amides is 4. The number of nitrogens with one attached hydrogen (secondary N) is 2. The van der Waals surface area contributed by atoms with E-state index in [-0.39, 0.29) is 19.0 Å². The fourth-order valence-electron chi connectivity index (χ4n) is 2.59. The highest BCUT2D eigenvalue weighted by Gasteiger charge is 2.41. The van der Waals surface area contributed by atoms with Crippen LogP contribution in [0.3, 0.4) is 0 Å². The number of nitrogens with zero attached hydrogens (tertiary/aromatic N) is 2. The number of aliphatic hydroxyl groups is 1. The van der Waals surface area contributed by atoms with Gasteiger partial charge in [0.15, 0.2) is 0 Å². The van der Waals surface area contributed by atoms with Crippen molar-refractivity contribution in [3.8, 4) is 0 Å². The first-order valence-corrected chi connectivity index (χ1v) is 7.08. The first-order valence-electron chi connectivity index (χ1n) is 7.08. The molecular formula is C13H20N4O5. The number of carbonyl (C=O) groups excluding carboxylic acids is 4. The lowest BCUT2D eigenvalue weighted by Gasteiger charge is -2.29. The van der Waals surface area contributed by atoms with Crippen LogP contribution in [0.2, 0.25) is 0 Å². The van der Waals surface area contributed by atoms with Gasteiger partial charge in [0, 0.05) is 13.1 Å². The largest absolute Gasteiger partial charge is 0.391 e. The number of carbonyl (C=O) groups is 4. The molecule has 0 radical (unpaired) electrons. The highest BCUT2D eigenvalue weighted by molar-refractivity contribution is 6.35. The van der Waals surface area contributed by atoms with Crippen LogP contribution in [0.5, 0.6) is 0 Å². The minimum absolute atomic E-state index is 0.0529. The number of hydrogen-bond donors (Lipinski definition) is 3. The third-order valence-electron chi connectivity index (χ3n) is 3.78. The van der Waals surface area contributed by atoms with Gasteiger partial charge in [0.2, 0.25) is 11.8 Å². The Labute approximate surface area is 127 Å². The van der Waals surface area contributed by atoms with E-state index in [1.165, 1.54) is 4.90 Å². The van der Waals surface area contributed by atoms with E-state index in [4.69, 9.17) is 0 Å². The lowest BCUT2D eigenvalue weighted by molar-refractivity contribution is -0.148. The molecule has 2 aliphatic heterocycles. The van der Waals surface area contributed by atoms with E-state index >= 15 is 0 Å². The quantitative estimate of drug-likeness (QED) is 0.481. The fraction of sp³-hybridized carbons (Fsp3) is 0.692. The second kappa shape index (κ2) is 6.01. The van der Waals surface area contributed by atoms with Gasteiger partial charge >= 0.3 is 11.8 Å². The van der Waals surface area contributed by atoms with Crippen LogP contribution in [0, 0.1) is 0 Å². The van der Waals surface area contributed by atoms with Crippen LogP contribution in [-0.2, 0) is 19.2 Å². The molecule has 22 heavy (non-hydrogen) atoms. The summed E-state index contributed by atoms with van der Waals surface area (Å²) in [7, 11) is 0. The Kier molecular flexibility index (Phi) is 4.47. The molecule has 4 amide bonds. The van der Waals surface area contributed by atoms with E-state index < -0.39 is 36.0 Å². The Morgan fingerprint density at radius 1 is 1.41 bits per heavy atom. The monoisotopic (exact) mass is 312 g/mol. The van der Waals surface area contributed by atoms with Crippen LogP contribution >= 0.6 is 0 Å². The Morgan fingerprint density at radius 3 is 2.59 bits per heavy atom. The summed E-state index contributed by atoms with van der Waals surface area (Å²) < 4.78 is 0. The van der Waals surface area contributed by atoms with E-state index in [2.05, 4.69) is 10.6 Å². The van der Waals surface area contributed by atoms with E-state index in [0.29, 0.717) is 13.0 Å². The average Bonchev–Trinajstić information content (AvgIpc) is 2.98. The molecule has 9 heteroatoms. The van der Waals surface area contributed by atoms with Crippen LogP contribution < -0.4 is 10.6 Å². The van der Waals surface area contributed by atoms with Crippen LogP contribution in [0.25, 0.3) is 0 Å². The van der Waals surface area contributed by atoms with Gasteiger partial charge in [0.25, 0.3) is 0 Å². The molecule has 0 spiro atoms. The van der Waals surface area contributed by atoms with Crippen molar-refractivity contribution in [1.29, 1.82) is 0 Å². The van der Waals surface area contributed by atoms with E-state index in [1.807, 2.05) is 0 Å². The van der Waals surface area contributed by atoms with Crippen LogP contribution in [0.1, 0.15) is 20.3 Å². The van der Waals surface area contributed by atoms with Crippen molar-refractivity contribution in [2.75, 3.05) is 26.2 Å². The number of hydrogen-bond acceptors (Lipinski definition) is 6. The predicted molar refractivity (Wildman–Crippen MR) is 74.1 cm³/mol. The van der Waals surface area contributed by atoms with Crippen molar-refractivity contribution in [2.24, 2.45) is 0 Å². The molecule has 0 saturated carbocycles. The van der Waals surface area contributed by atoms with Gasteiger partial charge < -0.3 is 15.3 Å². The average molecular weight is 312 g/mol. The molecule has 1 unspecified atom stereocenters. The number of imide groups is 1. The molecule has 0 bridgehead atoms. The lowest BCUT2D eigenvalue weighted by Crippen LogP contribution is -2.54. The standard InChI is InChI=1S/C13H20N4O5/c1-13(2)15-6-10(20)17(13)9(19)5-14-11(21)12(22)16-4-3-8(18)7-16/h8,15,18H,3-7H2,1-2H3,(H,14,21). The van der Waals surface area contributed by atoms with Crippen LogP contribution in [0.4, 0.5) is 0 Å². The highest BCUT2D eigenvalue weighted by atomic mass is 16.3. The maximum atomic E-state index is 12.1. The molecule has 1 atom stereocenters. The maximum absolute atomic E-state index is 12.1. The molecule has 2 rings (SSSR count). The predicted octanol–water partition coefficient (Wildman–Crippen LogP) is -2.61. The normalized spacial score (nSPS) is 23.8. The molecular weight excluding hydrogens is 292 g/mol. The van der Waals surface area contributed by atoms with Gasteiger partial charge in [-0.1, -0.05) is 0 Å². The van der Waals surface area contributed by atoms with Crippen molar-refractivity contribution in [1.82, 2.24) is 20.4 Å². The number of likely N-dealkylation sites (tertiary alicyclic amines) is 1. The van der Waals surface area contributed by atoms with Crippen molar-refractivity contribution < 1.29 is 24.3 Å². The number of β-amino-alcohol motifs (C(OH)–C–C–N with tert-alkyl or cyclic N) is 1. The Bertz CT molecular complexity index is 519. The molecule has 0 aromatic carbocycles. The zero-order valence-corrected chi connectivity index (χ0v) is 12.6. The highest BCUT2D eigenvalue weighted by Crippen LogP contribution is 2.16. The van der Waals surface area contributed by atoms with Crippen LogP contribution in [-0.4, -0.2) is 76.5 Å². The van der Waals surface area contributed by atoms with E-state index in [0.717, 1.165) is 4.90 Å². The first kappa shape index (κ1) is 16.4. The van der Waals surface area contributed by atoms with Gasteiger partial charge in [-0.3, -0.25) is 29.4 Å². The summed E-state index contributed by atoms with van der Waals surface area (Å²) in [5.74, 6) is -2.66. The molecule has 0 aromatic rings. The topological polar surface area (TPSA) is 119 Å². The molecule has 0 aromatic heterocycles. The molecule has 9 nitrogen and oxygen atoms in total. The van der Waals surface area contributed by atoms with Crippen molar-refractivity contribution in [3.05, 3.63) is 0 Å². The fourth-order valence-corrected chi connectivity index (χ4v) is 2.59. The van der Waals surface area contributed by atoms with Gasteiger partial charge in [0.1, 0.15) is 0 Å². The van der Waals surface area contributed by atoms with Gasteiger partial charge in [-0.15, -0.1) is 0 Å². The molecule has 2 heterocycles. The zero-order valence-electron chi connectivity index (χ0n) is 12.6. The maximum Gasteiger partial charge on any atom is 0.311 e. The summed E-state index contributed by atoms with van der Waals surface area (Å²) in [5, 5.41) is 14.5. The second-order valence-electron chi connectivity index (χ2n) is 5.91. The van der Waals surface area contributed by atoms with Gasteiger partial charge in [0.05, 0.1) is 24.9 Å². The smallest absolute Gasteiger partial charge is 0.311 e. The zero-order chi connectivity index (χ0) is 16.5. The SMILES string of the molecule is CC1(C)NCC(=O)N1C(=O)CNC(=O)C(=O)N1CCC(O)C1. The van der Waals surface area contributed by atoms with Crippen molar-refractivity contribution >= 4 is 23.6 Å². The minimum atomic E-state index is -0.917. The first-order chi connectivity index (χ1) is 10.2. The summed E-state index contributed by atoms with van der Waals surface area (Å²) in [4.78, 5) is 49.6. The number of aliphatic hydroxyl groups excluding tert-OH is 1. The summed E-state index contributed by atoms with van der Waals surface area (Å²) >= 11 is 0. The summed E-state index contributed by atoms with van der Waals surface area (Å²) in [6.07, 6.45) is -0.187. The Morgan fingerprint density at radius 2 is 2.09 bits per heavy atom. The Balaban J connectivity index is 1.87. The summed E-state index contributed by atoms with van der Waals surface area (Å²) in [6, 6.07) is 0. The second-order valence-corrected chi connectivity index (χ2v) is 5.91. The van der Waals surface area contributed by atoms with Gasteiger partial charge in [-0.2, -0.15) is 0 Å². The molecule has 2 aliphatic rings. The molecule has 122 valence electrons. The van der Waals surface area contributed by atoms with Crippen molar-refractivity contribution in [2.45, 2.75) is 32.0 Å².